The molecule has 0 bridgehead atoms. The van der Waals surface area contributed by atoms with Gasteiger partial charge in [-0.25, -0.2) is 0 Å². The Labute approximate surface area is 192 Å². The fourth-order valence-electron chi connectivity index (χ4n) is 3.54. The fourth-order valence-corrected chi connectivity index (χ4v) is 3.54. The van der Waals surface area contributed by atoms with Gasteiger partial charge in [-0.3, -0.25) is 19.3 Å². The number of imide groups is 1. The highest BCUT2D eigenvalue weighted by Crippen LogP contribution is 2.26. The van der Waals surface area contributed by atoms with Crippen molar-refractivity contribution in [2.24, 2.45) is 0 Å². The molecule has 174 valence electrons. The predicted molar refractivity (Wildman–Crippen MR) is 126 cm³/mol. The summed E-state index contributed by atoms with van der Waals surface area (Å²) < 4.78 is 5.36. The molecule has 32 heavy (non-hydrogen) atoms. The summed E-state index contributed by atoms with van der Waals surface area (Å²) in [6.45, 7) is 2.29. The summed E-state index contributed by atoms with van der Waals surface area (Å²) in [5.41, 5.74) is 0.528. The zero-order valence-electron chi connectivity index (χ0n) is 19.5. The second-order valence-corrected chi connectivity index (χ2v) is 7.87. The molecule has 1 aliphatic rings. The molecule has 1 heterocycles. The molecule has 1 rings (SSSR count). The van der Waals surface area contributed by atoms with Crippen molar-refractivity contribution >= 4 is 17.7 Å². The third kappa shape index (κ3) is 9.43. The van der Waals surface area contributed by atoms with E-state index in [0.717, 1.165) is 44.9 Å². The molecule has 0 unspecified atom stereocenters. The standard InChI is InChI=1S/C26H36N2O4/c1-5-7-9-11-13-18-24(29)27-19-15-14-17-22-23(32-4)20-25(30)28(22)26(31)21(3)16-12-10-8-6-2/h1-2,16,20,22H,7-15,17-19H2,3-4H3,(H,27,29)/b21-16+/t22-/m0/s1. The molecule has 6 nitrogen and oxygen atoms in total. The van der Waals surface area contributed by atoms with Gasteiger partial charge in [-0.15, -0.1) is 24.7 Å². The Hall–Kier alpha value is -2.99. The Kier molecular flexibility index (Phi) is 13.3. The third-order valence-corrected chi connectivity index (χ3v) is 5.36. The average Bonchev–Trinajstić information content (AvgIpc) is 3.10. The van der Waals surface area contributed by atoms with Crippen LogP contribution < -0.4 is 5.32 Å². The Bertz CT molecular complexity index is 783. The largest absolute Gasteiger partial charge is 0.499 e. The van der Waals surface area contributed by atoms with Crippen molar-refractivity contribution in [2.75, 3.05) is 13.7 Å². The van der Waals surface area contributed by atoms with E-state index >= 15 is 0 Å². The molecule has 0 aromatic heterocycles. The van der Waals surface area contributed by atoms with E-state index < -0.39 is 6.04 Å². The minimum atomic E-state index is -0.416. The van der Waals surface area contributed by atoms with Crippen LogP contribution in [-0.2, 0) is 19.1 Å². The van der Waals surface area contributed by atoms with Crippen LogP contribution in [0.3, 0.4) is 0 Å². The lowest BCUT2D eigenvalue weighted by molar-refractivity contribution is -0.140. The van der Waals surface area contributed by atoms with Crippen LogP contribution in [0.15, 0.2) is 23.5 Å². The van der Waals surface area contributed by atoms with Crippen molar-refractivity contribution in [3.8, 4) is 24.7 Å². The average molecular weight is 441 g/mol. The summed E-state index contributed by atoms with van der Waals surface area (Å²) in [6.07, 6.45) is 21.9. The van der Waals surface area contributed by atoms with Crippen molar-refractivity contribution in [1.82, 2.24) is 10.2 Å². The zero-order valence-corrected chi connectivity index (χ0v) is 19.5. The van der Waals surface area contributed by atoms with E-state index in [2.05, 4.69) is 17.2 Å². The number of methoxy groups -OCH3 is 1. The minimum absolute atomic E-state index is 0.0432. The van der Waals surface area contributed by atoms with Crippen LogP contribution in [0.5, 0.6) is 0 Å². The number of terminal acetylenes is 2. The Morgan fingerprint density at radius 2 is 1.84 bits per heavy atom. The van der Waals surface area contributed by atoms with E-state index in [1.807, 2.05) is 6.08 Å². The second kappa shape index (κ2) is 15.8. The lowest BCUT2D eigenvalue weighted by atomic mass is 10.1. The number of ether oxygens (including phenoxy) is 1. The molecule has 0 spiro atoms. The SMILES string of the molecule is C#CCCC/C=C(\C)C(=O)N1C(=O)C=C(OC)[C@@H]1CCCCNC(=O)CCCCCC#C. The maximum atomic E-state index is 12.9. The van der Waals surface area contributed by atoms with Gasteiger partial charge in [0.2, 0.25) is 5.91 Å². The Morgan fingerprint density at radius 3 is 2.53 bits per heavy atom. The van der Waals surface area contributed by atoms with Gasteiger partial charge < -0.3 is 10.1 Å². The van der Waals surface area contributed by atoms with Crippen molar-refractivity contribution in [1.29, 1.82) is 0 Å². The van der Waals surface area contributed by atoms with Crippen LogP contribution in [0.1, 0.15) is 77.6 Å². The number of hydrogen-bond donors (Lipinski definition) is 1. The number of carbonyl (C=O) groups excluding carboxylic acids is 3. The molecule has 1 atom stereocenters. The van der Waals surface area contributed by atoms with Gasteiger partial charge in [-0.05, 0) is 51.9 Å². The van der Waals surface area contributed by atoms with Crippen LogP contribution in [0.4, 0.5) is 0 Å². The molecule has 0 radical (unpaired) electrons. The van der Waals surface area contributed by atoms with Gasteiger partial charge in [0.1, 0.15) is 5.76 Å². The molecular weight excluding hydrogens is 404 g/mol. The summed E-state index contributed by atoms with van der Waals surface area (Å²) in [7, 11) is 1.51. The van der Waals surface area contributed by atoms with Gasteiger partial charge >= 0.3 is 0 Å². The lowest BCUT2D eigenvalue weighted by Crippen LogP contribution is -2.41. The quantitative estimate of drug-likeness (QED) is 0.238. The molecule has 0 aromatic rings. The van der Waals surface area contributed by atoms with Crippen molar-refractivity contribution in [3.05, 3.63) is 23.5 Å². The van der Waals surface area contributed by atoms with E-state index in [4.69, 9.17) is 17.6 Å². The van der Waals surface area contributed by atoms with Crippen LogP contribution >= 0.6 is 0 Å². The van der Waals surface area contributed by atoms with Crippen LogP contribution in [0, 0.1) is 24.7 Å². The van der Waals surface area contributed by atoms with Gasteiger partial charge in [0.25, 0.3) is 11.8 Å². The van der Waals surface area contributed by atoms with Gasteiger partial charge in [0.15, 0.2) is 0 Å². The molecule has 1 aliphatic heterocycles. The van der Waals surface area contributed by atoms with Gasteiger partial charge in [0, 0.05) is 37.5 Å². The normalized spacial score (nSPS) is 15.7. The first-order chi connectivity index (χ1) is 15.5. The highest BCUT2D eigenvalue weighted by Gasteiger charge is 2.38. The fraction of sp³-hybridized carbons (Fsp3) is 0.577. The zero-order chi connectivity index (χ0) is 23.8. The number of nitrogens with one attached hydrogen (secondary N) is 1. The molecule has 1 N–H and O–H groups in total. The highest BCUT2D eigenvalue weighted by atomic mass is 16.5. The summed E-state index contributed by atoms with van der Waals surface area (Å²) in [5, 5.41) is 2.92. The molecule has 0 saturated heterocycles. The Balaban J connectivity index is 2.47. The lowest BCUT2D eigenvalue weighted by Gasteiger charge is -2.25. The van der Waals surface area contributed by atoms with E-state index in [1.54, 1.807) is 6.92 Å². The molecular formula is C26H36N2O4. The first kappa shape index (κ1) is 27.0. The predicted octanol–water partition coefficient (Wildman–Crippen LogP) is 3.87. The van der Waals surface area contributed by atoms with E-state index in [1.165, 1.54) is 18.1 Å². The van der Waals surface area contributed by atoms with Crippen LogP contribution in [0.25, 0.3) is 0 Å². The monoisotopic (exact) mass is 440 g/mol. The van der Waals surface area contributed by atoms with E-state index in [-0.39, 0.29) is 17.7 Å². The number of carbonyl (C=O) groups is 3. The molecule has 0 aliphatic carbocycles. The molecule has 3 amide bonds. The number of unbranched alkanes of at least 4 members (excludes halogenated alkanes) is 6. The number of hydrogen-bond acceptors (Lipinski definition) is 4. The van der Waals surface area contributed by atoms with Gasteiger partial charge in [-0.2, -0.15) is 0 Å². The van der Waals surface area contributed by atoms with Crippen molar-refractivity contribution < 1.29 is 19.1 Å². The van der Waals surface area contributed by atoms with Crippen LogP contribution in [-0.4, -0.2) is 42.3 Å². The molecule has 0 fully saturated rings. The van der Waals surface area contributed by atoms with E-state index in [0.29, 0.717) is 43.6 Å². The van der Waals surface area contributed by atoms with Crippen molar-refractivity contribution in [3.63, 3.8) is 0 Å². The summed E-state index contributed by atoms with van der Waals surface area (Å²) >= 11 is 0. The number of nitrogens with zero attached hydrogens (tertiary/aromatic N) is 1. The van der Waals surface area contributed by atoms with E-state index in [9.17, 15) is 14.4 Å². The Morgan fingerprint density at radius 1 is 1.12 bits per heavy atom. The highest BCUT2D eigenvalue weighted by molar-refractivity contribution is 6.09. The number of rotatable bonds is 15. The molecule has 6 heteroatoms. The first-order valence-electron chi connectivity index (χ1n) is 11.4. The van der Waals surface area contributed by atoms with Crippen LogP contribution in [0.2, 0.25) is 0 Å². The summed E-state index contributed by atoms with van der Waals surface area (Å²) in [5.74, 6) is 5.06. The third-order valence-electron chi connectivity index (χ3n) is 5.36. The topological polar surface area (TPSA) is 75.7 Å². The van der Waals surface area contributed by atoms with Gasteiger partial charge in [-0.1, -0.05) is 12.5 Å². The molecule has 0 saturated carbocycles. The minimum Gasteiger partial charge on any atom is -0.499 e. The summed E-state index contributed by atoms with van der Waals surface area (Å²) in [6, 6.07) is -0.416. The maximum Gasteiger partial charge on any atom is 0.257 e. The van der Waals surface area contributed by atoms with Crippen molar-refractivity contribution in [2.45, 2.75) is 83.6 Å². The summed E-state index contributed by atoms with van der Waals surface area (Å²) in [4.78, 5) is 38.5. The number of allylic oxidation sites excluding steroid dienone is 1. The second-order valence-electron chi connectivity index (χ2n) is 7.87. The number of amides is 3. The maximum absolute atomic E-state index is 12.9. The van der Waals surface area contributed by atoms with Gasteiger partial charge in [0.05, 0.1) is 13.2 Å². The first-order valence-corrected chi connectivity index (χ1v) is 11.4. The molecule has 0 aromatic carbocycles. The smallest absolute Gasteiger partial charge is 0.257 e.